The van der Waals surface area contributed by atoms with Crippen molar-refractivity contribution in [2.75, 3.05) is 13.1 Å². The third kappa shape index (κ3) is 3.71. The average Bonchev–Trinajstić information content (AvgIpc) is 2.38. The molecule has 0 saturated heterocycles. The number of nitrogens with zero attached hydrogens (tertiary/aromatic N) is 3. The molecule has 3 N–H and O–H groups in total. The lowest BCUT2D eigenvalue weighted by molar-refractivity contribution is -0.124. The maximum atomic E-state index is 11.8. The van der Waals surface area contributed by atoms with Gasteiger partial charge in [-0.15, -0.1) is 0 Å². The Morgan fingerprint density at radius 1 is 1.53 bits per heavy atom. The smallest absolute Gasteiger partial charge is 0.242 e. The van der Waals surface area contributed by atoms with E-state index >= 15 is 0 Å². The van der Waals surface area contributed by atoms with Gasteiger partial charge in [-0.05, 0) is 43.5 Å². The molecule has 6 nitrogen and oxygen atoms in total. The number of carbonyl (C=O) groups excluding carboxylic acids is 1. The molecule has 0 aliphatic heterocycles. The molecule has 102 valence electrons. The third-order valence-electron chi connectivity index (χ3n) is 3.15. The summed E-state index contributed by atoms with van der Waals surface area (Å²) in [4.78, 5) is 14.5. The van der Waals surface area contributed by atoms with Crippen molar-refractivity contribution in [3.8, 4) is 0 Å². The van der Waals surface area contributed by atoms with Gasteiger partial charge in [0.15, 0.2) is 0 Å². The van der Waals surface area contributed by atoms with Crippen molar-refractivity contribution < 1.29 is 4.79 Å². The van der Waals surface area contributed by atoms with Gasteiger partial charge in [-0.3, -0.25) is 10.1 Å². The highest BCUT2D eigenvalue weighted by Gasteiger charge is 2.33. The Kier molecular flexibility index (Phi) is 5.36. The predicted octanol–water partition coefficient (Wildman–Crippen LogP) is 1.99. The molecule has 1 aromatic carbocycles. The van der Waals surface area contributed by atoms with Crippen molar-refractivity contribution in [1.82, 2.24) is 5.32 Å². The van der Waals surface area contributed by atoms with Crippen LogP contribution in [0.1, 0.15) is 24.5 Å². The topological polar surface area (TPSA) is 104 Å². The van der Waals surface area contributed by atoms with Crippen molar-refractivity contribution in [2.45, 2.75) is 25.8 Å². The molecular weight excluding hydrogens is 242 g/mol. The average molecular weight is 261 g/mol. The Bertz CT molecular complexity index is 496. The van der Waals surface area contributed by atoms with E-state index in [4.69, 9.17) is 11.3 Å². The molecule has 0 aliphatic carbocycles. The van der Waals surface area contributed by atoms with Gasteiger partial charge in [0.2, 0.25) is 5.91 Å². The Morgan fingerprint density at radius 2 is 2.21 bits per heavy atom. The molecule has 19 heavy (non-hydrogen) atoms. The van der Waals surface area contributed by atoms with E-state index in [9.17, 15) is 4.79 Å². The van der Waals surface area contributed by atoms with Gasteiger partial charge in [0, 0.05) is 11.5 Å². The first-order valence-corrected chi connectivity index (χ1v) is 6.14. The van der Waals surface area contributed by atoms with E-state index in [2.05, 4.69) is 15.3 Å². The standard InChI is InChI=1S/C13H19N5O/c1-10-6-3-4-7-11(10)13(2,12(14)19)16-8-5-9-17-18-15/h3-4,6-7,16H,5,8-9H2,1-2H3,(H2,14,19). The van der Waals surface area contributed by atoms with Crippen LogP contribution in [0.4, 0.5) is 0 Å². The molecule has 1 rings (SSSR count). The van der Waals surface area contributed by atoms with Crippen molar-refractivity contribution in [3.05, 3.63) is 45.8 Å². The SMILES string of the molecule is Cc1ccccc1C(C)(NCCCN=[N+]=[N-])C(N)=O. The Labute approximate surface area is 112 Å². The minimum absolute atomic E-state index is 0.395. The molecule has 0 bridgehead atoms. The number of carbonyl (C=O) groups is 1. The minimum atomic E-state index is -0.915. The second-order valence-electron chi connectivity index (χ2n) is 4.54. The lowest BCUT2D eigenvalue weighted by Gasteiger charge is -2.29. The fraction of sp³-hybridized carbons (Fsp3) is 0.462. The monoisotopic (exact) mass is 261 g/mol. The molecular formula is C13H19N5O. The molecule has 1 unspecified atom stereocenters. The van der Waals surface area contributed by atoms with Gasteiger partial charge in [-0.25, -0.2) is 0 Å². The van der Waals surface area contributed by atoms with E-state index in [0.717, 1.165) is 11.1 Å². The highest BCUT2D eigenvalue weighted by atomic mass is 16.1. The molecule has 0 saturated carbocycles. The number of hydrogen-bond acceptors (Lipinski definition) is 3. The Morgan fingerprint density at radius 3 is 2.79 bits per heavy atom. The van der Waals surface area contributed by atoms with Crippen LogP contribution in [-0.4, -0.2) is 19.0 Å². The van der Waals surface area contributed by atoms with Gasteiger partial charge in [0.25, 0.3) is 0 Å². The molecule has 6 heteroatoms. The van der Waals surface area contributed by atoms with Crippen LogP contribution in [0.2, 0.25) is 0 Å². The first kappa shape index (κ1) is 15.0. The van der Waals surface area contributed by atoms with Gasteiger partial charge in [0.1, 0.15) is 5.54 Å². The maximum absolute atomic E-state index is 11.8. The third-order valence-corrected chi connectivity index (χ3v) is 3.15. The number of primary amides is 1. The largest absolute Gasteiger partial charge is 0.368 e. The molecule has 0 radical (unpaired) electrons. The van der Waals surface area contributed by atoms with Gasteiger partial charge in [0.05, 0.1) is 0 Å². The molecule has 1 amide bonds. The lowest BCUT2D eigenvalue weighted by atomic mass is 9.87. The molecule has 1 atom stereocenters. The number of nitrogens with two attached hydrogens (primary N) is 1. The van der Waals surface area contributed by atoms with Crippen LogP contribution in [0.5, 0.6) is 0 Å². The highest BCUT2D eigenvalue weighted by molar-refractivity contribution is 5.86. The summed E-state index contributed by atoms with van der Waals surface area (Å²) in [6, 6.07) is 7.63. The van der Waals surface area contributed by atoms with Crippen LogP contribution in [-0.2, 0) is 10.3 Å². The molecule has 1 aromatic rings. The van der Waals surface area contributed by atoms with E-state index in [1.165, 1.54) is 0 Å². The second kappa shape index (κ2) is 6.78. The zero-order valence-electron chi connectivity index (χ0n) is 11.3. The van der Waals surface area contributed by atoms with Gasteiger partial charge >= 0.3 is 0 Å². The van der Waals surface area contributed by atoms with Gasteiger partial charge in [-0.2, -0.15) is 0 Å². The molecule has 0 fully saturated rings. The summed E-state index contributed by atoms with van der Waals surface area (Å²) in [7, 11) is 0. The Hall–Kier alpha value is -2.04. The summed E-state index contributed by atoms with van der Waals surface area (Å²) >= 11 is 0. The van der Waals surface area contributed by atoms with E-state index in [1.807, 2.05) is 31.2 Å². The number of aryl methyl sites for hydroxylation is 1. The summed E-state index contributed by atoms with van der Waals surface area (Å²) in [6.07, 6.45) is 0.652. The maximum Gasteiger partial charge on any atom is 0.242 e. The van der Waals surface area contributed by atoms with Crippen LogP contribution in [0.25, 0.3) is 10.4 Å². The van der Waals surface area contributed by atoms with Crippen molar-refractivity contribution in [3.63, 3.8) is 0 Å². The summed E-state index contributed by atoms with van der Waals surface area (Å²) in [6.45, 7) is 4.66. The minimum Gasteiger partial charge on any atom is -0.368 e. The number of rotatable bonds is 7. The predicted molar refractivity (Wildman–Crippen MR) is 74.4 cm³/mol. The zero-order valence-corrected chi connectivity index (χ0v) is 11.3. The lowest BCUT2D eigenvalue weighted by Crippen LogP contribution is -2.51. The number of amides is 1. The highest BCUT2D eigenvalue weighted by Crippen LogP contribution is 2.23. The van der Waals surface area contributed by atoms with Crippen molar-refractivity contribution in [2.24, 2.45) is 10.8 Å². The molecule has 0 heterocycles. The summed E-state index contributed by atoms with van der Waals surface area (Å²) in [5, 5.41) is 6.60. The molecule has 0 aliphatic rings. The summed E-state index contributed by atoms with van der Waals surface area (Å²) < 4.78 is 0. The van der Waals surface area contributed by atoms with Crippen LogP contribution in [0.3, 0.4) is 0 Å². The fourth-order valence-electron chi connectivity index (χ4n) is 1.98. The quantitative estimate of drug-likeness (QED) is 0.339. The van der Waals surface area contributed by atoms with Crippen molar-refractivity contribution >= 4 is 5.91 Å². The summed E-state index contributed by atoms with van der Waals surface area (Å²) in [5.41, 5.74) is 14.7. The Balaban J connectivity index is 2.83. The second-order valence-corrected chi connectivity index (χ2v) is 4.54. The normalized spacial score (nSPS) is 13.4. The summed E-state index contributed by atoms with van der Waals surface area (Å²) in [5.74, 6) is -0.425. The van der Waals surface area contributed by atoms with Crippen LogP contribution < -0.4 is 11.1 Å². The first-order valence-electron chi connectivity index (χ1n) is 6.14. The zero-order chi connectivity index (χ0) is 14.3. The van der Waals surface area contributed by atoms with Crippen molar-refractivity contribution in [1.29, 1.82) is 0 Å². The van der Waals surface area contributed by atoms with Crippen LogP contribution in [0, 0.1) is 6.92 Å². The van der Waals surface area contributed by atoms with Crippen LogP contribution in [0.15, 0.2) is 29.4 Å². The molecule has 0 aromatic heterocycles. The van der Waals surface area contributed by atoms with E-state index in [-0.39, 0.29) is 0 Å². The fourth-order valence-corrected chi connectivity index (χ4v) is 1.98. The van der Waals surface area contributed by atoms with E-state index in [0.29, 0.717) is 19.5 Å². The van der Waals surface area contributed by atoms with Gasteiger partial charge in [-0.1, -0.05) is 29.4 Å². The number of azide groups is 1. The first-order chi connectivity index (χ1) is 9.02. The van der Waals surface area contributed by atoms with Gasteiger partial charge < -0.3 is 5.73 Å². The number of benzene rings is 1. The van der Waals surface area contributed by atoms with E-state index in [1.54, 1.807) is 6.92 Å². The van der Waals surface area contributed by atoms with E-state index < -0.39 is 11.4 Å². The number of hydrogen-bond donors (Lipinski definition) is 2. The van der Waals surface area contributed by atoms with Crippen LogP contribution >= 0.6 is 0 Å². The molecule has 0 spiro atoms. The number of nitrogens with one attached hydrogen (secondary N) is 1.